The smallest absolute Gasteiger partial charge is 0.149 e. The van der Waals surface area contributed by atoms with E-state index in [1.807, 2.05) is 6.07 Å². The first kappa shape index (κ1) is 11.0. The average molecular weight is 222 g/mol. The fourth-order valence-corrected chi connectivity index (χ4v) is 1.93. The van der Waals surface area contributed by atoms with Crippen molar-refractivity contribution in [2.75, 3.05) is 36.1 Å². The Bertz CT molecular complexity index is 369. The molecule has 88 valence electrons. The van der Waals surface area contributed by atoms with Crippen LogP contribution in [0.1, 0.15) is 13.3 Å². The largest absolute Gasteiger partial charge is 0.396 e. The predicted octanol–water partition coefficient (Wildman–Crippen LogP) is 0.861. The Kier molecular flexibility index (Phi) is 3.14. The average Bonchev–Trinajstić information content (AvgIpc) is 2.32. The molecule has 0 spiro atoms. The third-order valence-electron chi connectivity index (χ3n) is 2.94. The van der Waals surface area contributed by atoms with Crippen molar-refractivity contribution in [3.63, 3.8) is 0 Å². The summed E-state index contributed by atoms with van der Waals surface area (Å²) in [6, 6.07) is 4.10. The van der Waals surface area contributed by atoms with E-state index in [4.69, 9.17) is 16.2 Å². The van der Waals surface area contributed by atoms with Gasteiger partial charge in [0.2, 0.25) is 0 Å². The molecule has 4 N–H and O–H groups in total. The van der Waals surface area contributed by atoms with E-state index in [-0.39, 0.29) is 0 Å². The van der Waals surface area contributed by atoms with Gasteiger partial charge in [-0.15, -0.1) is 0 Å². The summed E-state index contributed by atoms with van der Waals surface area (Å²) in [6.07, 6.45) is 1.03. The van der Waals surface area contributed by atoms with Crippen LogP contribution in [0.3, 0.4) is 0 Å². The van der Waals surface area contributed by atoms with Gasteiger partial charge in [-0.05, 0) is 18.6 Å². The lowest BCUT2D eigenvalue weighted by molar-refractivity contribution is 0.0926. The number of rotatable bonds is 2. The highest BCUT2D eigenvalue weighted by molar-refractivity contribution is 5.62. The van der Waals surface area contributed by atoms with Crippen LogP contribution in [-0.4, -0.2) is 30.8 Å². The Morgan fingerprint density at radius 3 is 3.00 bits per heavy atom. The highest BCUT2D eigenvalue weighted by Crippen LogP contribution is 2.22. The number of nitrogen functional groups attached to an aromatic ring is 2. The van der Waals surface area contributed by atoms with Crippen LogP contribution < -0.4 is 16.4 Å². The fourth-order valence-electron chi connectivity index (χ4n) is 1.93. The second kappa shape index (κ2) is 4.57. The lowest BCUT2D eigenvalue weighted by Crippen LogP contribution is -2.45. The topological polar surface area (TPSA) is 77.4 Å². The minimum absolute atomic E-state index is 0.379. The summed E-state index contributed by atoms with van der Waals surface area (Å²) in [6.45, 7) is 4.49. The fraction of sp³-hybridized carbons (Fsp3) is 0.545. The molecule has 1 aliphatic rings. The molecule has 0 radical (unpaired) electrons. The van der Waals surface area contributed by atoms with Crippen molar-refractivity contribution in [1.29, 1.82) is 0 Å². The third-order valence-corrected chi connectivity index (χ3v) is 2.94. The third kappa shape index (κ3) is 2.04. The Labute approximate surface area is 95.4 Å². The van der Waals surface area contributed by atoms with Crippen LogP contribution in [0.4, 0.5) is 17.3 Å². The first-order chi connectivity index (χ1) is 7.72. The van der Waals surface area contributed by atoms with Crippen LogP contribution >= 0.6 is 0 Å². The minimum atomic E-state index is 0.379. The van der Waals surface area contributed by atoms with Gasteiger partial charge in [-0.25, -0.2) is 4.98 Å². The first-order valence-corrected chi connectivity index (χ1v) is 5.58. The van der Waals surface area contributed by atoms with Gasteiger partial charge in [-0.1, -0.05) is 6.92 Å². The van der Waals surface area contributed by atoms with Gasteiger partial charge in [-0.3, -0.25) is 0 Å². The molecule has 1 fully saturated rings. The molecule has 16 heavy (non-hydrogen) atoms. The summed E-state index contributed by atoms with van der Waals surface area (Å²) in [5, 5.41) is 0. The zero-order chi connectivity index (χ0) is 11.5. The Morgan fingerprint density at radius 1 is 1.50 bits per heavy atom. The molecule has 0 saturated carbocycles. The van der Waals surface area contributed by atoms with Crippen LogP contribution in [0.25, 0.3) is 0 Å². The molecule has 1 saturated heterocycles. The highest BCUT2D eigenvalue weighted by Gasteiger charge is 2.22. The van der Waals surface area contributed by atoms with Gasteiger partial charge in [0.25, 0.3) is 0 Å². The standard InChI is InChI=1S/C11H18N4O/c1-2-8-7-16-6-5-15(8)10-4-3-9(12)11(13)14-10/h3-4,8H,2,5-7,12H2,1H3,(H2,13,14). The number of nitrogens with two attached hydrogens (primary N) is 2. The summed E-state index contributed by atoms with van der Waals surface area (Å²) in [5.41, 5.74) is 11.9. The molecule has 5 nitrogen and oxygen atoms in total. The monoisotopic (exact) mass is 222 g/mol. The molecule has 1 unspecified atom stereocenters. The van der Waals surface area contributed by atoms with Gasteiger partial charge in [-0.2, -0.15) is 0 Å². The van der Waals surface area contributed by atoms with Crippen molar-refractivity contribution < 1.29 is 4.74 Å². The molecule has 0 bridgehead atoms. The quantitative estimate of drug-likeness (QED) is 0.776. The van der Waals surface area contributed by atoms with E-state index in [2.05, 4.69) is 16.8 Å². The molecule has 1 aromatic rings. The first-order valence-electron chi connectivity index (χ1n) is 5.58. The van der Waals surface area contributed by atoms with E-state index in [1.54, 1.807) is 6.07 Å². The number of ether oxygens (including phenoxy) is 1. The summed E-state index contributed by atoms with van der Waals surface area (Å²) in [5.74, 6) is 1.29. The number of nitrogens with zero attached hydrogens (tertiary/aromatic N) is 2. The molecule has 1 atom stereocenters. The lowest BCUT2D eigenvalue weighted by Gasteiger charge is -2.36. The summed E-state index contributed by atoms with van der Waals surface area (Å²) in [4.78, 5) is 6.55. The van der Waals surface area contributed by atoms with Crippen LogP contribution in [0, 0.1) is 0 Å². The van der Waals surface area contributed by atoms with Crippen LogP contribution in [0.15, 0.2) is 12.1 Å². The molecule has 2 heterocycles. The van der Waals surface area contributed by atoms with Gasteiger partial charge in [0, 0.05) is 6.54 Å². The van der Waals surface area contributed by atoms with Gasteiger partial charge in [0.15, 0.2) is 0 Å². The van der Waals surface area contributed by atoms with Crippen LogP contribution in [0.2, 0.25) is 0 Å². The maximum Gasteiger partial charge on any atom is 0.149 e. The van der Waals surface area contributed by atoms with Crippen molar-refractivity contribution >= 4 is 17.3 Å². The Hall–Kier alpha value is -1.49. The number of pyridine rings is 1. The summed E-state index contributed by atoms with van der Waals surface area (Å²) >= 11 is 0. The lowest BCUT2D eigenvalue weighted by atomic mass is 10.1. The number of morpholine rings is 1. The molecule has 5 heteroatoms. The summed E-state index contributed by atoms with van der Waals surface area (Å²) < 4.78 is 5.45. The normalized spacial score (nSPS) is 21.1. The van der Waals surface area contributed by atoms with Gasteiger partial charge in [0.05, 0.1) is 24.9 Å². The van der Waals surface area contributed by atoms with Crippen molar-refractivity contribution in [2.45, 2.75) is 19.4 Å². The van der Waals surface area contributed by atoms with Gasteiger partial charge < -0.3 is 21.1 Å². The highest BCUT2D eigenvalue weighted by atomic mass is 16.5. The van der Waals surface area contributed by atoms with Crippen LogP contribution in [0.5, 0.6) is 0 Å². The predicted molar refractivity (Wildman–Crippen MR) is 65.3 cm³/mol. The minimum Gasteiger partial charge on any atom is -0.396 e. The van der Waals surface area contributed by atoms with Crippen LogP contribution in [-0.2, 0) is 4.74 Å². The maximum atomic E-state index is 5.72. The van der Waals surface area contributed by atoms with E-state index in [0.29, 0.717) is 17.5 Å². The second-order valence-electron chi connectivity index (χ2n) is 3.97. The van der Waals surface area contributed by atoms with Crippen molar-refractivity contribution in [3.05, 3.63) is 12.1 Å². The zero-order valence-electron chi connectivity index (χ0n) is 9.52. The van der Waals surface area contributed by atoms with E-state index in [0.717, 1.165) is 32.0 Å². The molecule has 0 amide bonds. The number of hydrogen-bond acceptors (Lipinski definition) is 5. The number of aromatic nitrogens is 1. The molecule has 2 rings (SSSR count). The van der Waals surface area contributed by atoms with Gasteiger partial charge >= 0.3 is 0 Å². The van der Waals surface area contributed by atoms with E-state index in [9.17, 15) is 0 Å². The Morgan fingerprint density at radius 2 is 2.31 bits per heavy atom. The zero-order valence-corrected chi connectivity index (χ0v) is 9.52. The molecule has 1 aliphatic heterocycles. The number of hydrogen-bond donors (Lipinski definition) is 2. The molecular weight excluding hydrogens is 204 g/mol. The van der Waals surface area contributed by atoms with Gasteiger partial charge in [0.1, 0.15) is 11.6 Å². The molecule has 0 aromatic carbocycles. The second-order valence-corrected chi connectivity index (χ2v) is 3.97. The maximum absolute atomic E-state index is 5.72. The van der Waals surface area contributed by atoms with Crippen molar-refractivity contribution in [2.24, 2.45) is 0 Å². The SMILES string of the molecule is CCC1COCCN1c1ccc(N)c(N)n1. The summed E-state index contributed by atoms with van der Waals surface area (Å²) in [7, 11) is 0. The molecule has 1 aromatic heterocycles. The van der Waals surface area contributed by atoms with E-state index < -0.39 is 0 Å². The van der Waals surface area contributed by atoms with E-state index >= 15 is 0 Å². The number of anilines is 3. The van der Waals surface area contributed by atoms with Crippen molar-refractivity contribution in [3.8, 4) is 0 Å². The molecular formula is C11H18N4O. The van der Waals surface area contributed by atoms with Crippen molar-refractivity contribution in [1.82, 2.24) is 4.98 Å². The van der Waals surface area contributed by atoms with E-state index in [1.165, 1.54) is 0 Å². The molecule has 0 aliphatic carbocycles. The Balaban J connectivity index is 2.23.